The van der Waals surface area contributed by atoms with E-state index in [2.05, 4.69) is 15.5 Å². The zero-order valence-corrected chi connectivity index (χ0v) is 13.8. The molecule has 1 unspecified atom stereocenters. The molecule has 5 heteroatoms. The Labute approximate surface area is 131 Å². The van der Waals surface area contributed by atoms with Crippen LogP contribution in [-0.4, -0.2) is 43.5 Å². The first-order chi connectivity index (χ1) is 9.95. The lowest BCUT2D eigenvalue weighted by molar-refractivity contribution is -0.117. The van der Waals surface area contributed by atoms with Crippen molar-refractivity contribution in [3.63, 3.8) is 0 Å². The van der Waals surface area contributed by atoms with E-state index < -0.39 is 0 Å². The SMILES string of the molecule is Cc1cc(C)c(NC(=O)CN(C)CC2CCCN2)c(Cl)c1. The van der Waals surface area contributed by atoms with Gasteiger partial charge in [0.2, 0.25) is 5.91 Å². The minimum atomic E-state index is -0.0237. The van der Waals surface area contributed by atoms with Gasteiger partial charge in [-0.05, 0) is 57.5 Å². The third-order valence-electron chi connectivity index (χ3n) is 3.80. The summed E-state index contributed by atoms with van der Waals surface area (Å²) in [6.07, 6.45) is 2.41. The summed E-state index contributed by atoms with van der Waals surface area (Å²) in [5.74, 6) is -0.0237. The van der Waals surface area contributed by atoms with Crippen molar-refractivity contribution < 1.29 is 4.79 Å². The molecule has 0 bridgehead atoms. The van der Waals surface area contributed by atoms with Crippen LogP contribution < -0.4 is 10.6 Å². The molecule has 1 atom stereocenters. The summed E-state index contributed by atoms with van der Waals surface area (Å²) in [5, 5.41) is 6.97. The molecule has 1 heterocycles. The smallest absolute Gasteiger partial charge is 0.238 e. The van der Waals surface area contributed by atoms with Crippen LogP contribution in [-0.2, 0) is 4.79 Å². The third kappa shape index (κ3) is 4.70. The molecule has 1 saturated heterocycles. The average molecular weight is 310 g/mol. The van der Waals surface area contributed by atoms with Gasteiger partial charge in [-0.3, -0.25) is 9.69 Å². The highest BCUT2D eigenvalue weighted by atomic mass is 35.5. The van der Waals surface area contributed by atoms with Gasteiger partial charge in [-0.1, -0.05) is 17.7 Å². The van der Waals surface area contributed by atoms with Crippen molar-refractivity contribution in [1.29, 1.82) is 0 Å². The molecule has 2 N–H and O–H groups in total. The van der Waals surface area contributed by atoms with Gasteiger partial charge in [-0.2, -0.15) is 0 Å². The molecule has 0 aliphatic carbocycles. The van der Waals surface area contributed by atoms with Crippen molar-refractivity contribution >= 4 is 23.2 Å². The number of rotatable bonds is 5. The van der Waals surface area contributed by atoms with Crippen molar-refractivity contribution in [2.24, 2.45) is 0 Å². The van der Waals surface area contributed by atoms with E-state index in [1.54, 1.807) is 0 Å². The summed E-state index contributed by atoms with van der Waals surface area (Å²) in [7, 11) is 1.98. The van der Waals surface area contributed by atoms with Gasteiger partial charge in [0.05, 0.1) is 17.3 Å². The molecule has 0 saturated carbocycles. The Bertz CT molecular complexity index is 489. The number of hydrogen-bond acceptors (Lipinski definition) is 3. The summed E-state index contributed by atoms with van der Waals surface area (Å²) in [6.45, 7) is 6.31. The first-order valence-corrected chi connectivity index (χ1v) is 7.82. The lowest BCUT2D eigenvalue weighted by Gasteiger charge is -2.21. The second-order valence-corrected chi connectivity index (χ2v) is 6.38. The molecule has 1 aromatic carbocycles. The maximum Gasteiger partial charge on any atom is 0.238 e. The molecule has 1 aromatic rings. The van der Waals surface area contributed by atoms with Crippen LogP contribution in [0.1, 0.15) is 24.0 Å². The van der Waals surface area contributed by atoms with Crippen LogP contribution in [0.3, 0.4) is 0 Å². The zero-order chi connectivity index (χ0) is 15.4. The molecular formula is C16H24ClN3O. The van der Waals surface area contributed by atoms with Crippen LogP contribution in [0.4, 0.5) is 5.69 Å². The molecule has 1 aliphatic heterocycles. The lowest BCUT2D eigenvalue weighted by atomic mass is 10.1. The number of hydrogen-bond donors (Lipinski definition) is 2. The number of amides is 1. The van der Waals surface area contributed by atoms with Gasteiger partial charge >= 0.3 is 0 Å². The molecule has 4 nitrogen and oxygen atoms in total. The molecule has 1 amide bonds. The van der Waals surface area contributed by atoms with Crippen molar-refractivity contribution in [2.45, 2.75) is 32.7 Å². The Morgan fingerprint density at radius 1 is 1.48 bits per heavy atom. The molecule has 21 heavy (non-hydrogen) atoms. The van der Waals surface area contributed by atoms with Gasteiger partial charge in [0.1, 0.15) is 0 Å². The number of likely N-dealkylation sites (N-methyl/N-ethyl adjacent to an activating group) is 1. The molecule has 116 valence electrons. The number of halogens is 1. The fraction of sp³-hybridized carbons (Fsp3) is 0.562. The fourth-order valence-corrected chi connectivity index (χ4v) is 3.22. The maximum absolute atomic E-state index is 12.2. The first kappa shape index (κ1) is 16.3. The van der Waals surface area contributed by atoms with Gasteiger partial charge < -0.3 is 10.6 Å². The van der Waals surface area contributed by atoms with Gasteiger partial charge in [-0.15, -0.1) is 0 Å². The minimum absolute atomic E-state index is 0.0237. The molecular weight excluding hydrogens is 286 g/mol. The molecule has 2 rings (SSSR count). The second-order valence-electron chi connectivity index (χ2n) is 5.98. The van der Waals surface area contributed by atoms with E-state index in [9.17, 15) is 4.79 Å². The number of nitrogens with one attached hydrogen (secondary N) is 2. The Kier molecular flexibility index (Phi) is 5.62. The van der Waals surface area contributed by atoms with Gasteiger partial charge in [0.25, 0.3) is 0 Å². The van der Waals surface area contributed by atoms with E-state index in [0.29, 0.717) is 17.6 Å². The highest BCUT2D eigenvalue weighted by Gasteiger charge is 2.18. The predicted octanol–water partition coefficient (Wildman–Crippen LogP) is 2.58. The average Bonchev–Trinajstić information content (AvgIpc) is 2.86. The van der Waals surface area contributed by atoms with Crippen LogP contribution >= 0.6 is 11.6 Å². The van der Waals surface area contributed by atoms with E-state index in [0.717, 1.165) is 29.9 Å². The Balaban J connectivity index is 1.89. The molecule has 0 spiro atoms. The third-order valence-corrected chi connectivity index (χ3v) is 4.10. The number of carbonyl (C=O) groups is 1. The quantitative estimate of drug-likeness (QED) is 0.878. The fourth-order valence-electron chi connectivity index (χ4n) is 2.85. The summed E-state index contributed by atoms with van der Waals surface area (Å²) in [6, 6.07) is 4.40. The van der Waals surface area contributed by atoms with Crippen LogP contribution in [0.2, 0.25) is 5.02 Å². The normalized spacial score (nSPS) is 18.2. The number of anilines is 1. The molecule has 1 fully saturated rings. The van der Waals surface area contributed by atoms with Crippen LogP contribution in [0.5, 0.6) is 0 Å². The zero-order valence-electron chi connectivity index (χ0n) is 13.0. The standard InChI is InChI=1S/C16H24ClN3O/c1-11-7-12(2)16(14(17)8-11)19-15(21)10-20(3)9-13-5-4-6-18-13/h7-8,13,18H,4-6,9-10H2,1-3H3,(H,19,21). The van der Waals surface area contributed by atoms with E-state index >= 15 is 0 Å². The maximum atomic E-state index is 12.2. The highest BCUT2D eigenvalue weighted by Crippen LogP contribution is 2.27. The van der Waals surface area contributed by atoms with Crippen LogP contribution in [0.25, 0.3) is 0 Å². The second kappa shape index (κ2) is 7.25. The largest absolute Gasteiger partial charge is 0.323 e. The Morgan fingerprint density at radius 3 is 2.86 bits per heavy atom. The minimum Gasteiger partial charge on any atom is -0.323 e. The van der Waals surface area contributed by atoms with E-state index in [1.807, 2.05) is 33.0 Å². The number of carbonyl (C=O) groups excluding carboxylic acids is 1. The Morgan fingerprint density at radius 2 is 2.24 bits per heavy atom. The van der Waals surface area contributed by atoms with Crippen molar-refractivity contribution in [3.8, 4) is 0 Å². The monoisotopic (exact) mass is 309 g/mol. The van der Waals surface area contributed by atoms with Crippen molar-refractivity contribution in [1.82, 2.24) is 10.2 Å². The van der Waals surface area contributed by atoms with Crippen LogP contribution in [0, 0.1) is 13.8 Å². The summed E-state index contributed by atoms with van der Waals surface area (Å²) >= 11 is 6.21. The highest BCUT2D eigenvalue weighted by molar-refractivity contribution is 6.34. The predicted molar refractivity (Wildman–Crippen MR) is 88.1 cm³/mol. The number of aryl methyl sites for hydroxylation is 2. The van der Waals surface area contributed by atoms with Crippen molar-refractivity contribution in [2.75, 3.05) is 32.0 Å². The molecule has 0 radical (unpaired) electrons. The van der Waals surface area contributed by atoms with Gasteiger partial charge in [0, 0.05) is 12.6 Å². The summed E-state index contributed by atoms with van der Waals surface area (Å²) < 4.78 is 0. The molecule has 1 aliphatic rings. The van der Waals surface area contributed by atoms with Gasteiger partial charge in [0.15, 0.2) is 0 Å². The number of nitrogens with zero attached hydrogens (tertiary/aromatic N) is 1. The topological polar surface area (TPSA) is 44.4 Å². The van der Waals surface area contributed by atoms with E-state index in [-0.39, 0.29) is 5.91 Å². The number of benzene rings is 1. The summed E-state index contributed by atoms with van der Waals surface area (Å²) in [4.78, 5) is 14.2. The Hall–Kier alpha value is -1.10. The first-order valence-electron chi connectivity index (χ1n) is 7.44. The van der Waals surface area contributed by atoms with Crippen molar-refractivity contribution in [3.05, 3.63) is 28.3 Å². The van der Waals surface area contributed by atoms with E-state index in [1.165, 1.54) is 12.8 Å². The van der Waals surface area contributed by atoms with Crippen LogP contribution in [0.15, 0.2) is 12.1 Å². The molecule has 0 aromatic heterocycles. The summed E-state index contributed by atoms with van der Waals surface area (Å²) in [5.41, 5.74) is 2.81. The van der Waals surface area contributed by atoms with E-state index in [4.69, 9.17) is 11.6 Å². The lowest BCUT2D eigenvalue weighted by Crippen LogP contribution is -2.39. The van der Waals surface area contributed by atoms with Gasteiger partial charge in [-0.25, -0.2) is 0 Å².